The van der Waals surface area contributed by atoms with E-state index < -0.39 is 0 Å². The summed E-state index contributed by atoms with van der Waals surface area (Å²) in [6, 6.07) is 2.89. The summed E-state index contributed by atoms with van der Waals surface area (Å²) in [6.07, 6.45) is 2.77. The van der Waals surface area contributed by atoms with Crippen LogP contribution in [0.1, 0.15) is 29.3 Å². The van der Waals surface area contributed by atoms with Crippen LogP contribution in [0.4, 0.5) is 0 Å². The molecule has 19 heavy (non-hydrogen) atoms. The van der Waals surface area contributed by atoms with Gasteiger partial charge in [-0.1, -0.05) is 0 Å². The second kappa shape index (κ2) is 6.35. The highest BCUT2D eigenvalue weighted by Gasteiger charge is 2.27. The van der Waals surface area contributed by atoms with Gasteiger partial charge in [0.15, 0.2) is 0 Å². The minimum absolute atomic E-state index is 0.611. The van der Waals surface area contributed by atoms with Gasteiger partial charge in [0.25, 0.3) is 0 Å². The van der Waals surface area contributed by atoms with Gasteiger partial charge < -0.3 is 10.2 Å². The van der Waals surface area contributed by atoms with Crippen LogP contribution in [-0.2, 0) is 0 Å². The molecule has 1 aromatic heterocycles. The Morgan fingerprint density at radius 2 is 1.95 bits per heavy atom. The molecule has 3 nitrogen and oxygen atoms in total. The Kier molecular flexibility index (Phi) is 4.53. The highest BCUT2D eigenvalue weighted by Crippen LogP contribution is 2.30. The van der Waals surface area contributed by atoms with Gasteiger partial charge in [-0.15, -0.1) is 11.3 Å². The molecule has 3 heterocycles. The largest absolute Gasteiger partial charge is 0.314 e. The van der Waals surface area contributed by atoms with Crippen LogP contribution < -0.4 is 5.32 Å². The van der Waals surface area contributed by atoms with E-state index in [0.717, 1.165) is 13.1 Å². The number of rotatable bonds is 4. The topological polar surface area (TPSA) is 18.5 Å². The van der Waals surface area contributed by atoms with Gasteiger partial charge in [0.1, 0.15) is 0 Å². The van der Waals surface area contributed by atoms with E-state index in [1.807, 2.05) is 11.3 Å². The van der Waals surface area contributed by atoms with Crippen molar-refractivity contribution in [3.05, 3.63) is 21.9 Å². The van der Waals surface area contributed by atoms with Crippen LogP contribution in [0, 0.1) is 6.92 Å². The fourth-order valence-electron chi connectivity index (χ4n) is 3.29. The molecule has 1 N–H and O–H groups in total. The molecule has 106 valence electrons. The van der Waals surface area contributed by atoms with E-state index in [2.05, 4.69) is 33.5 Å². The smallest absolute Gasteiger partial charge is 0.0572 e. The molecule has 2 aliphatic rings. The van der Waals surface area contributed by atoms with Crippen LogP contribution >= 0.6 is 11.3 Å². The monoisotopic (exact) mass is 279 g/mol. The average Bonchev–Trinajstić information content (AvgIpc) is 3.08. The summed E-state index contributed by atoms with van der Waals surface area (Å²) in [5, 5.41) is 5.73. The first-order chi connectivity index (χ1) is 9.34. The molecule has 0 saturated carbocycles. The van der Waals surface area contributed by atoms with Crippen molar-refractivity contribution in [1.29, 1.82) is 0 Å². The second-order valence-electron chi connectivity index (χ2n) is 5.78. The minimum atomic E-state index is 0.611. The zero-order chi connectivity index (χ0) is 13.1. The molecule has 2 saturated heterocycles. The number of likely N-dealkylation sites (tertiary alicyclic amines) is 1. The van der Waals surface area contributed by atoms with Gasteiger partial charge in [0.05, 0.1) is 6.04 Å². The summed E-state index contributed by atoms with van der Waals surface area (Å²) in [6.45, 7) is 10.7. The maximum Gasteiger partial charge on any atom is 0.0572 e. The molecule has 0 spiro atoms. The van der Waals surface area contributed by atoms with Crippen molar-refractivity contribution >= 4 is 11.3 Å². The van der Waals surface area contributed by atoms with E-state index in [0.29, 0.717) is 6.04 Å². The summed E-state index contributed by atoms with van der Waals surface area (Å²) in [4.78, 5) is 6.94. The summed E-state index contributed by atoms with van der Waals surface area (Å²) < 4.78 is 0. The van der Waals surface area contributed by atoms with Gasteiger partial charge >= 0.3 is 0 Å². The Bertz CT molecular complexity index is 392. The van der Waals surface area contributed by atoms with E-state index in [1.165, 1.54) is 51.1 Å². The lowest BCUT2D eigenvalue weighted by Gasteiger charge is -2.37. The quantitative estimate of drug-likeness (QED) is 0.910. The van der Waals surface area contributed by atoms with Crippen LogP contribution in [0.5, 0.6) is 0 Å². The van der Waals surface area contributed by atoms with E-state index in [1.54, 1.807) is 4.88 Å². The second-order valence-corrected chi connectivity index (χ2v) is 6.73. The van der Waals surface area contributed by atoms with Gasteiger partial charge in [-0.25, -0.2) is 0 Å². The fourth-order valence-corrected chi connectivity index (χ4v) is 4.35. The van der Waals surface area contributed by atoms with Gasteiger partial charge in [-0.3, -0.25) is 4.90 Å². The van der Waals surface area contributed by atoms with Crippen molar-refractivity contribution in [2.24, 2.45) is 0 Å². The highest BCUT2D eigenvalue weighted by molar-refractivity contribution is 7.10. The van der Waals surface area contributed by atoms with Crippen molar-refractivity contribution in [1.82, 2.24) is 15.1 Å². The highest BCUT2D eigenvalue weighted by atomic mass is 32.1. The van der Waals surface area contributed by atoms with Gasteiger partial charge in [0, 0.05) is 37.6 Å². The van der Waals surface area contributed by atoms with Crippen molar-refractivity contribution in [3.8, 4) is 0 Å². The molecule has 2 fully saturated rings. The Labute approximate surface area is 120 Å². The molecule has 1 aromatic rings. The average molecular weight is 279 g/mol. The normalized spacial score (nSPS) is 23.8. The fraction of sp³-hybridized carbons (Fsp3) is 0.733. The molecule has 0 aliphatic carbocycles. The predicted octanol–water partition coefficient (Wildman–Crippen LogP) is 2.10. The van der Waals surface area contributed by atoms with Crippen molar-refractivity contribution < 1.29 is 0 Å². The van der Waals surface area contributed by atoms with Crippen LogP contribution in [0.2, 0.25) is 0 Å². The van der Waals surface area contributed by atoms with E-state index in [9.17, 15) is 0 Å². The molecule has 0 radical (unpaired) electrons. The molecule has 0 bridgehead atoms. The summed E-state index contributed by atoms with van der Waals surface area (Å²) >= 11 is 1.95. The molecule has 0 amide bonds. The predicted molar refractivity (Wildman–Crippen MR) is 81.9 cm³/mol. The maximum absolute atomic E-state index is 3.47. The first-order valence-electron chi connectivity index (χ1n) is 7.56. The molecular weight excluding hydrogens is 254 g/mol. The van der Waals surface area contributed by atoms with Gasteiger partial charge in [0.2, 0.25) is 0 Å². The number of aryl methyl sites for hydroxylation is 1. The molecule has 3 rings (SSSR count). The third kappa shape index (κ3) is 3.19. The first kappa shape index (κ1) is 13.6. The minimum Gasteiger partial charge on any atom is -0.314 e. The number of piperazine rings is 1. The van der Waals surface area contributed by atoms with E-state index in [-0.39, 0.29) is 0 Å². The van der Waals surface area contributed by atoms with Crippen molar-refractivity contribution in [3.63, 3.8) is 0 Å². The lowest BCUT2D eigenvalue weighted by atomic mass is 10.1. The van der Waals surface area contributed by atoms with Crippen LogP contribution in [0.15, 0.2) is 11.4 Å². The Balaban J connectivity index is 1.75. The number of nitrogens with zero attached hydrogens (tertiary/aromatic N) is 2. The van der Waals surface area contributed by atoms with Gasteiger partial charge in [-0.05, 0) is 49.9 Å². The Morgan fingerprint density at radius 1 is 1.21 bits per heavy atom. The molecular formula is C15H25N3S. The Hall–Kier alpha value is -0.420. The SMILES string of the molecule is Cc1ccsc1C(CN1CCCC1)N1CCNCC1. The molecule has 0 aromatic carbocycles. The summed E-state index contributed by atoms with van der Waals surface area (Å²) in [7, 11) is 0. The van der Waals surface area contributed by atoms with Crippen LogP contribution in [-0.4, -0.2) is 55.6 Å². The number of hydrogen-bond acceptors (Lipinski definition) is 4. The number of hydrogen-bond donors (Lipinski definition) is 1. The lowest BCUT2D eigenvalue weighted by molar-refractivity contribution is 0.137. The van der Waals surface area contributed by atoms with Crippen molar-refractivity contribution in [2.75, 3.05) is 45.8 Å². The molecule has 4 heteroatoms. The third-order valence-corrected chi connectivity index (χ3v) is 5.55. The standard InChI is InChI=1S/C15H25N3S/c1-13-4-11-19-15(13)14(12-17-7-2-3-8-17)18-9-5-16-6-10-18/h4,11,14,16H,2-3,5-10,12H2,1H3. The third-order valence-electron chi connectivity index (χ3n) is 4.43. The molecule has 1 atom stereocenters. The van der Waals surface area contributed by atoms with Crippen LogP contribution in [0.3, 0.4) is 0 Å². The summed E-state index contributed by atoms with van der Waals surface area (Å²) in [5.41, 5.74) is 1.48. The van der Waals surface area contributed by atoms with E-state index in [4.69, 9.17) is 0 Å². The summed E-state index contributed by atoms with van der Waals surface area (Å²) in [5.74, 6) is 0. The Morgan fingerprint density at radius 3 is 2.58 bits per heavy atom. The van der Waals surface area contributed by atoms with Gasteiger partial charge in [-0.2, -0.15) is 0 Å². The zero-order valence-corrected chi connectivity index (χ0v) is 12.7. The van der Waals surface area contributed by atoms with Crippen molar-refractivity contribution in [2.45, 2.75) is 25.8 Å². The number of thiophene rings is 1. The van der Waals surface area contributed by atoms with E-state index >= 15 is 0 Å². The first-order valence-corrected chi connectivity index (χ1v) is 8.43. The lowest BCUT2D eigenvalue weighted by Crippen LogP contribution is -2.47. The molecule has 1 unspecified atom stereocenters. The maximum atomic E-state index is 3.47. The van der Waals surface area contributed by atoms with Crippen LogP contribution in [0.25, 0.3) is 0 Å². The zero-order valence-electron chi connectivity index (χ0n) is 11.9. The number of nitrogens with one attached hydrogen (secondary N) is 1. The molecule has 2 aliphatic heterocycles.